The van der Waals surface area contributed by atoms with Gasteiger partial charge in [-0.2, -0.15) is 0 Å². The summed E-state index contributed by atoms with van der Waals surface area (Å²) in [5.74, 6) is -1.08. The number of ether oxygens (including phenoxy) is 1. The lowest BCUT2D eigenvalue weighted by Gasteiger charge is -2.09. The van der Waals surface area contributed by atoms with Gasteiger partial charge in [0.15, 0.2) is 0 Å². The van der Waals surface area contributed by atoms with E-state index in [1.54, 1.807) is 18.2 Å². The molecule has 0 aromatic heterocycles. The van der Waals surface area contributed by atoms with Crippen molar-refractivity contribution in [3.05, 3.63) is 34.9 Å². The molecule has 0 radical (unpaired) electrons. The minimum atomic E-state index is -0.898. The third kappa shape index (κ3) is 3.35. The Morgan fingerprint density at radius 3 is 2.61 bits per heavy atom. The molecule has 0 heterocycles. The van der Waals surface area contributed by atoms with Crippen LogP contribution in [0.4, 0.5) is 0 Å². The maximum absolute atomic E-state index is 11.2. The first kappa shape index (κ1) is 13.8. The van der Waals surface area contributed by atoms with E-state index in [1.807, 2.05) is 6.92 Å². The van der Waals surface area contributed by atoms with Gasteiger partial charge in [-0.15, -0.1) is 0 Å². The number of carbonyl (C=O) groups is 2. The zero-order chi connectivity index (χ0) is 13.7. The van der Waals surface area contributed by atoms with Crippen LogP contribution in [-0.4, -0.2) is 24.1 Å². The van der Waals surface area contributed by atoms with E-state index in [-0.39, 0.29) is 6.42 Å². The molecule has 0 aliphatic heterocycles. The molecular weight excluding hydrogens is 234 g/mol. The van der Waals surface area contributed by atoms with Crippen molar-refractivity contribution in [2.45, 2.75) is 13.3 Å². The summed E-state index contributed by atoms with van der Waals surface area (Å²) in [4.78, 5) is 21.6. The van der Waals surface area contributed by atoms with Crippen LogP contribution in [0.3, 0.4) is 0 Å². The van der Waals surface area contributed by atoms with E-state index in [0.717, 1.165) is 11.1 Å². The van der Waals surface area contributed by atoms with Crippen LogP contribution in [0.25, 0.3) is 6.08 Å². The first-order chi connectivity index (χ1) is 8.45. The van der Waals surface area contributed by atoms with Gasteiger partial charge in [0, 0.05) is 0 Å². The Morgan fingerprint density at radius 2 is 2.11 bits per heavy atom. The Kier molecular flexibility index (Phi) is 4.48. The number of carboxylic acids is 1. The van der Waals surface area contributed by atoms with Crippen molar-refractivity contribution in [1.82, 2.24) is 0 Å². The third-order valence-corrected chi connectivity index (χ3v) is 2.44. The van der Waals surface area contributed by atoms with Gasteiger partial charge in [-0.3, -0.25) is 9.59 Å². The molecule has 1 aromatic rings. The second kappa shape index (κ2) is 5.86. The largest absolute Gasteiger partial charge is 0.496 e. The van der Waals surface area contributed by atoms with Crippen LogP contribution in [0, 0.1) is 6.92 Å². The lowest BCUT2D eigenvalue weighted by atomic mass is 10.0. The average Bonchev–Trinajstić information content (AvgIpc) is 2.30. The zero-order valence-electron chi connectivity index (χ0n) is 10.3. The summed E-state index contributed by atoms with van der Waals surface area (Å²) in [6, 6.07) is 3.29. The standard InChI is InChI=1S/C13H15NO4/c1-8-6-10(13(14)17)11(18-2)7-9(8)4-3-5-12(15)16/h3-4,6-7H,5H2,1-2H3,(H2,14,17)(H,15,16)/b4-3-. The van der Waals surface area contributed by atoms with E-state index >= 15 is 0 Å². The van der Waals surface area contributed by atoms with Gasteiger partial charge in [0.25, 0.3) is 5.91 Å². The average molecular weight is 249 g/mol. The van der Waals surface area contributed by atoms with Crippen molar-refractivity contribution < 1.29 is 19.4 Å². The summed E-state index contributed by atoms with van der Waals surface area (Å²) in [7, 11) is 1.45. The summed E-state index contributed by atoms with van der Waals surface area (Å²) >= 11 is 0. The van der Waals surface area contributed by atoms with Crippen LogP contribution >= 0.6 is 0 Å². The Bertz CT molecular complexity index is 506. The van der Waals surface area contributed by atoms with Gasteiger partial charge in [-0.1, -0.05) is 12.2 Å². The number of aryl methyl sites for hydroxylation is 1. The van der Waals surface area contributed by atoms with Crippen LogP contribution in [0.15, 0.2) is 18.2 Å². The lowest BCUT2D eigenvalue weighted by Crippen LogP contribution is -2.13. The second-order valence-corrected chi connectivity index (χ2v) is 3.77. The number of rotatable bonds is 5. The maximum atomic E-state index is 11.2. The van der Waals surface area contributed by atoms with Gasteiger partial charge in [0.05, 0.1) is 19.1 Å². The fraction of sp³-hybridized carbons (Fsp3) is 0.231. The van der Waals surface area contributed by atoms with Crippen molar-refractivity contribution in [2.24, 2.45) is 5.73 Å². The molecule has 0 saturated carbocycles. The quantitative estimate of drug-likeness (QED) is 0.829. The van der Waals surface area contributed by atoms with Crippen LogP contribution in [0.5, 0.6) is 5.75 Å². The molecule has 0 aliphatic rings. The van der Waals surface area contributed by atoms with Crippen LogP contribution in [0.2, 0.25) is 0 Å². The first-order valence-electron chi connectivity index (χ1n) is 5.32. The molecule has 0 fully saturated rings. The van der Waals surface area contributed by atoms with E-state index in [1.165, 1.54) is 13.2 Å². The van der Waals surface area contributed by atoms with Crippen LogP contribution < -0.4 is 10.5 Å². The molecule has 0 atom stereocenters. The van der Waals surface area contributed by atoms with Gasteiger partial charge in [-0.25, -0.2) is 0 Å². The first-order valence-corrected chi connectivity index (χ1v) is 5.32. The molecule has 0 unspecified atom stereocenters. The van der Waals surface area contributed by atoms with Crippen molar-refractivity contribution in [3.63, 3.8) is 0 Å². The Balaban J connectivity index is 3.11. The monoisotopic (exact) mass is 249 g/mol. The molecular formula is C13H15NO4. The number of hydrogen-bond acceptors (Lipinski definition) is 3. The zero-order valence-corrected chi connectivity index (χ0v) is 10.3. The predicted molar refractivity (Wildman–Crippen MR) is 67.5 cm³/mol. The number of hydrogen-bond donors (Lipinski definition) is 2. The van der Waals surface area contributed by atoms with Crippen molar-refractivity contribution in [3.8, 4) is 5.75 Å². The fourth-order valence-corrected chi connectivity index (χ4v) is 1.53. The normalized spacial score (nSPS) is 10.6. The van der Waals surface area contributed by atoms with Crippen LogP contribution in [0.1, 0.15) is 27.9 Å². The Morgan fingerprint density at radius 1 is 1.44 bits per heavy atom. The van der Waals surface area contributed by atoms with Gasteiger partial charge in [-0.05, 0) is 30.2 Å². The van der Waals surface area contributed by atoms with E-state index in [9.17, 15) is 9.59 Å². The predicted octanol–water partition coefficient (Wildman–Crippen LogP) is 1.59. The summed E-state index contributed by atoms with van der Waals surface area (Å²) in [6.45, 7) is 1.81. The minimum absolute atomic E-state index is 0.0562. The molecule has 1 rings (SSSR count). The molecule has 0 bridgehead atoms. The highest BCUT2D eigenvalue weighted by Crippen LogP contribution is 2.24. The summed E-state index contributed by atoms with van der Waals surface area (Å²) in [5.41, 5.74) is 7.16. The van der Waals surface area contributed by atoms with Gasteiger partial charge < -0.3 is 15.6 Å². The number of methoxy groups -OCH3 is 1. The third-order valence-electron chi connectivity index (χ3n) is 2.44. The number of carboxylic acid groups (broad SMARTS) is 1. The second-order valence-electron chi connectivity index (χ2n) is 3.77. The number of nitrogens with two attached hydrogens (primary N) is 1. The van der Waals surface area contributed by atoms with Crippen molar-refractivity contribution >= 4 is 18.0 Å². The van der Waals surface area contributed by atoms with E-state index in [4.69, 9.17) is 15.6 Å². The fourth-order valence-electron chi connectivity index (χ4n) is 1.53. The molecule has 0 aliphatic carbocycles. The molecule has 96 valence electrons. The van der Waals surface area contributed by atoms with Crippen molar-refractivity contribution in [1.29, 1.82) is 0 Å². The number of primary amides is 1. The number of carbonyl (C=O) groups excluding carboxylic acids is 1. The summed E-state index contributed by atoms with van der Waals surface area (Å²) < 4.78 is 5.08. The highest BCUT2D eigenvalue weighted by atomic mass is 16.5. The van der Waals surface area contributed by atoms with E-state index in [0.29, 0.717) is 11.3 Å². The van der Waals surface area contributed by atoms with Gasteiger partial charge in [0.2, 0.25) is 0 Å². The molecule has 1 aromatic carbocycles. The molecule has 5 heteroatoms. The number of aliphatic carboxylic acids is 1. The smallest absolute Gasteiger partial charge is 0.307 e. The lowest BCUT2D eigenvalue weighted by molar-refractivity contribution is -0.135. The number of amides is 1. The molecule has 0 spiro atoms. The molecule has 18 heavy (non-hydrogen) atoms. The molecule has 1 amide bonds. The topological polar surface area (TPSA) is 89.6 Å². The molecule has 0 saturated heterocycles. The molecule has 3 N–H and O–H groups in total. The summed E-state index contributed by atoms with van der Waals surface area (Å²) in [6.07, 6.45) is 3.16. The highest BCUT2D eigenvalue weighted by molar-refractivity contribution is 5.96. The van der Waals surface area contributed by atoms with Crippen LogP contribution in [-0.2, 0) is 4.79 Å². The minimum Gasteiger partial charge on any atom is -0.496 e. The van der Waals surface area contributed by atoms with Gasteiger partial charge in [0.1, 0.15) is 5.75 Å². The Labute approximate surface area is 105 Å². The van der Waals surface area contributed by atoms with E-state index in [2.05, 4.69) is 0 Å². The van der Waals surface area contributed by atoms with E-state index < -0.39 is 11.9 Å². The van der Waals surface area contributed by atoms with Gasteiger partial charge >= 0.3 is 5.97 Å². The SMILES string of the molecule is COc1cc(/C=C\CC(=O)O)c(C)cc1C(N)=O. The Hall–Kier alpha value is -2.30. The number of benzene rings is 1. The molecule has 5 nitrogen and oxygen atoms in total. The highest BCUT2D eigenvalue weighted by Gasteiger charge is 2.11. The maximum Gasteiger partial charge on any atom is 0.307 e. The summed E-state index contributed by atoms with van der Waals surface area (Å²) in [5, 5.41) is 8.54. The van der Waals surface area contributed by atoms with Crippen molar-refractivity contribution in [2.75, 3.05) is 7.11 Å².